The first-order chi connectivity index (χ1) is 13.7. The lowest BCUT2D eigenvalue weighted by Gasteiger charge is -2.32. The minimum absolute atomic E-state index is 0.321. The van der Waals surface area contributed by atoms with Crippen molar-refractivity contribution in [3.8, 4) is 5.75 Å². The molecule has 0 unspecified atom stereocenters. The Hall–Kier alpha value is -0.995. The average molecular weight is 402 g/mol. The van der Waals surface area contributed by atoms with E-state index in [0.717, 1.165) is 24.2 Å². The van der Waals surface area contributed by atoms with Gasteiger partial charge in [0.15, 0.2) is 0 Å². The van der Waals surface area contributed by atoms with Crippen LogP contribution in [0.2, 0.25) is 0 Å². The van der Waals surface area contributed by atoms with Crippen LogP contribution in [0.3, 0.4) is 0 Å². The Morgan fingerprint density at radius 2 is 1.28 bits per heavy atom. The summed E-state index contributed by atoms with van der Waals surface area (Å²) in [5.74, 6) is 0.922. The number of benzene rings is 1. The van der Waals surface area contributed by atoms with E-state index in [-0.39, 0.29) is 18.3 Å². The van der Waals surface area contributed by atoms with Crippen LogP contribution in [0.15, 0.2) is 18.2 Å². The third-order valence-corrected chi connectivity index (χ3v) is 6.37. The van der Waals surface area contributed by atoms with Crippen molar-refractivity contribution in [2.24, 2.45) is 0 Å². The van der Waals surface area contributed by atoms with E-state index >= 15 is 0 Å². The number of aryl methyl sites for hydroxylation is 1. The number of rotatable bonds is 13. The van der Waals surface area contributed by atoms with E-state index < -0.39 is 0 Å². The van der Waals surface area contributed by atoms with Crippen molar-refractivity contribution in [2.75, 3.05) is 6.61 Å². The molecule has 164 valence electrons. The fourth-order valence-corrected chi connectivity index (χ4v) is 3.75. The second kappa shape index (κ2) is 11.4. The molecule has 0 spiro atoms. The fraction of sp³-hybridized carbons (Fsp3) is 0.760. The summed E-state index contributed by atoms with van der Waals surface area (Å²) in [7, 11) is -0.334. The molecule has 0 bridgehead atoms. The molecule has 29 heavy (non-hydrogen) atoms. The zero-order valence-electron chi connectivity index (χ0n) is 19.8. The highest BCUT2D eigenvalue weighted by Crippen LogP contribution is 2.36. The lowest BCUT2D eigenvalue weighted by molar-refractivity contribution is 0.00578. The maximum atomic E-state index is 6.19. The van der Waals surface area contributed by atoms with Gasteiger partial charge in [0.1, 0.15) is 5.75 Å². The molecule has 0 saturated carbocycles. The van der Waals surface area contributed by atoms with Gasteiger partial charge >= 0.3 is 7.12 Å². The number of hydrogen-bond donors (Lipinski definition) is 0. The first kappa shape index (κ1) is 24.3. The van der Waals surface area contributed by atoms with Gasteiger partial charge in [-0.2, -0.15) is 0 Å². The summed E-state index contributed by atoms with van der Waals surface area (Å²) in [5.41, 5.74) is 1.58. The van der Waals surface area contributed by atoms with E-state index in [4.69, 9.17) is 14.0 Å². The Balaban J connectivity index is 1.69. The average Bonchev–Trinajstić information content (AvgIpc) is 2.87. The Labute approximate surface area is 180 Å². The molecule has 1 aliphatic heterocycles. The van der Waals surface area contributed by atoms with Gasteiger partial charge in [0.2, 0.25) is 0 Å². The van der Waals surface area contributed by atoms with Crippen molar-refractivity contribution < 1.29 is 14.0 Å². The SMILES string of the molecule is CCCCCCCCCCCCOc1cc(C)cc(B2OC(C)(C)C(C)(C)O2)c1. The molecular formula is C25H43BO3. The summed E-state index contributed by atoms with van der Waals surface area (Å²) in [5, 5.41) is 0. The van der Waals surface area contributed by atoms with E-state index in [9.17, 15) is 0 Å². The van der Waals surface area contributed by atoms with Crippen molar-refractivity contribution in [1.29, 1.82) is 0 Å². The maximum absolute atomic E-state index is 6.19. The van der Waals surface area contributed by atoms with Gasteiger partial charge in [-0.15, -0.1) is 0 Å². The quantitative estimate of drug-likeness (QED) is 0.275. The Morgan fingerprint density at radius 1 is 0.759 bits per heavy atom. The van der Waals surface area contributed by atoms with Crippen LogP contribution >= 0.6 is 0 Å². The van der Waals surface area contributed by atoms with E-state index in [0.29, 0.717) is 0 Å². The molecule has 3 nitrogen and oxygen atoms in total. The molecule has 1 saturated heterocycles. The highest BCUT2D eigenvalue weighted by atomic mass is 16.7. The molecule has 0 N–H and O–H groups in total. The van der Waals surface area contributed by atoms with Gasteiger partial charge in [-0.05, 0) is 64.2 Å². The molecule has 0 aliphatic carbocycles. The summed E-state index contributed by atoms with van der Waals surface area (Å²) in [6.07, 6.45) is 13.4. The number of hydrogen-bond acceptors (Lipinski definition) is 3. The second-order valence-electron chi connectivity index (χ2n) is 9.70. The molecule has 1 aromatic rings. The van der Waals surface area contributed by atoms with Crippen LogP contribution in [0.4, 0.5) is 0 Å². The van der Waals surface area contributed by atoms with E-state index in [1.807, 2.05) is 0 Å². The summed E-state index contributed by atoms with van der Waals surface area (Å²) in [4.78, 5) is 0. The van der Waals surface area contributed by atoms with Crippen molar-refractivity contribution in [3.63, 3.8) is 0 Å². The van der Waals surface area contributed by atoms with Crippen molar-refractivity contribution >= 4 is 12.6 Å². The molecule has 1 aliphatic rings. The zero-order valence-corrected chi connectivity index (χ0v) is 19.8. The first-order valence-corrected chi connectivity index (χ1v) is 11.9. The number of unbranched alkanes of at least 4 members (excludes halogenated alkanes) is 9. The molecule has 2 rings (SSSR count). The molecule has 4 heteroatoms. The minimum Gasteiger partial charge on any atom is -0.494 e. The largest absolute Gasteiger partial charge is 0.494 e. The van der Waals surface area contributed by atoms with Gasteiger partial charge < -0.3 is 14.0 Å². The van der Waals surface area contributed by atoms with Gasteiger partial charge in [0.25, 0.3) is 0 Å². The second-order valence-corrected chi connectivity index (χ2v) is 9.70. The van der Waals surface area contributed by atoms with E-state index in [1.54, 1.807) is 0 Å². The normalized spacial score (nSPS) is 17.7. The Kier molecular flexibility index (Phi) is 9.55. The lowest BCUT2D eigenvalue weighted by Crippen LogP contribution is -2.41. The monoisotopic (exact) mass is 402 g/mol. The smallest absolute Gasteiger partial charge is 0.494 e. The molecule has 0 radical (unpaired) electrons. The maximum Gasteiger partial charge on any atom is 0.494 e. The summed E-state index contributed by atoms with van der Waals surface area (Å²) in [6, 6.07) is 6.31. The van der Waals surface area contributed by atoms with Crippen molar-refractivity contribution in [1.82, 2.24) is 0 Å². The topological polar surface area (TPSA) is 27.7 Å². The Bertz CT molecular complexity index is 596. The third kappa shape index (κ3) is 7.64. The Morgan fingerprint density at radius 3 is 1.83 bits per heavy atom. The highest BCUT2D eigenvalue weighted by molar-refractivity contribution is 6.62. The van der Waals surface area contributed by atoms with Crippen LogP contribution in [0, 0.1) is 6.92 Å². The number of ether oxygens (including phenoxy) is 1. The van der Waals surface area contributed by atoms with Crippen molar-refractivity contribution in [3.05, 3.63) is 23.8 Å². The van der Waals surface area contributed by atoms with Crippen molar-refractivity contribution in [2.45, 2.75) is 117 Å². The predicted molar refractivity (Wildman–Crippen MR) is 124 cm³/mol. The van der Waals surface area contributed by atoms with Crippen LogP contribution < -0.4 is 10.2 Å². The van der Waals surface area contributed by atoms with Gasteiger partial charge in [-0.3, -0.25) is 0 Å². The van der Waals surface area contributed by atoms with Gasteiger partial charge in [-0.25, -0.2) is 0 Å². The molecule has 0 amide bonds. The van der Waals surface area contributed by atoms with Crippen LogP contribution in [0.25, 0.3) is 0 Å². The molecular weight excluding hydrogens is 359 g/mol. The van der Waals surface area contributed by atoms with E-state index in [2.05, 4.69) is 59.7 Å². The lowest BCUT2D eigenvalue weighted by atomic mass is 9.78. The zero-order chi connectivity index (χ0) is 21.3. The molecule has 1 aromatic carbocycles. The van der Waals surface area contributed by atoms with Gasteiger partial charge in [-0.1, -0.05) is 70.8 Å². The highest BCUT2D eigenvalue weighted by Gasteiger charge is 2.51. The van der Waals surface area contributed by atoms with Gasteiger partial charge in [0.05, 0.1) is 17.8 Å². The standard InChI is InChI=1S/C25H43BO3/c1-7-8-9-10-11-12-13-14-15-16-17-27-23-19-21(2)18-22(20-23)26-28-24(3,4)25(5,6)29-26/h18-20H,7-17H2,1-6H3. The van der Waals surface area contributed by atoms with Crippen LogP contribution in [-0.4, -0.2) is 24.9 Å². The van der Waals surface area contributed by atoms with Gasteiger partial charge in [0, 0.05) is 0 Å². The summed E-state index contributed by atoms with van der Waals surface area (Å²) in [6.45, 7) is 13.5. The third-order valence-electron chi connectivity index (χ3n) is 6.37. The van der Waals surface area contributed by atoms with Crippen LogP contribution in [-0.2, 0) is 9.31 Å². The van der Waals surface area contributed by atoms with Crippen LogP contribution in [0.1, 0.15) is 104 Å². The fourth-order valence-electron chi connectivity index (χ4n) is 3.75. The first-order valence-electron chi connectivity index (χ1n) is 11.9. The molecule has 0 atom stereocenters. The summed E-state index contributed by atoms with van der Waals surface area (Å²) >= 11 is 0. The molecule has 1 heterocycles. The molecule has 1 fully saturated rings. The predicted octanol–water partition coefficient (Wildman–Crippen LogP) is 6.59. The van der Waals surface area contributed by atoms with E-state index in [1.165, 1.54) is 63.4 Å². The molecule has 0 aromatic heterocycles. The minimum atomic E-state index is -0.334. The van der Waals surface area contributed by atoms with Crippen LogP contribution in [0.5, 0.6) is 5.75 Å². The summed E-state index contributed by atoms with van der Waals surface area (Å²) < 4.78 is 18.4.